The molecule has 0 saturated heterocycles. The number of para-hydroxylation sites is 2. The number of benzene rings is 2. The Labute approximate surface area is 152 Å². The molecule has 2 aromatic carbocycles. The highest BCUT2D eigenvalue weighted by molar-refractivity contribution is 6.05. The van der Waals surface area contributed by atoms with E-state index in [0.29, 0.717) is 23.5 Å². The normalized spacial score (nSPS) is 10.0. The zero-order valence-electron chi connectivity index (χ0n) is 14.6. The summed E-state index contributed by atoms with van der Waals surface area (Å²) < 4.78 is 5.03. The van der Waals surface area contributed by atoms with Gasteiger partial charge in [-0.3, -0.25) is 9.59 Å². The van der Waals surface area contributed by atoms with E-state index >= 15 is 0 Å². The van der Waals surface area contributed by atoms with Crippen LogP contribution in [-0.4, -0.2) is 37.0 Å². The van der Waals surface area contributed by atoms with Gasteiger partial charge in [0, 0.05) is 19.2 Å². The monoisotopic (exact) mass is 351 g/mol. The number of nitrogens with two attached hydrogens (primary N) is 1. The Balaban J connectivity index is 1.93. The van der Waals surface area contributed by atoms with E-state index in [4.69, 9.17) is 16.9 Å². The Morgan fingerprint density at radius 3 is 2.54 bits per heavy atom. The largest absolute Gasteiger partial charge is 0.397 e. The van der Waals surface area contributed by atoms with Crippen molar-refractivity contribution in [2.24, 2.45) is 0 Å². The minimum Gasteiger partial charge on any atom is -0.397 e. The van der Waals surface area contributed by atoms with Crippen LogP contribution in [0.1, 0.15) is 15.9 Å². The van der Waals surface area contributed by atoms with E-state index in [1.807, 2.05) is 0 Å². The van der Waals surface area contributed by atoms with Crippen molar-refractivity contribution in [1.29, 1.82) is 0 Å². The summed E-state index contributed by atoms with van der Waals surface area (Å²) in [6, 6.07) is 14.1. The molecule has 0 spiro atoms. The standard InChI is InChI=1S/C20H21N3O3/c1-3-12-26-14-19(24)23(2)13-15-8-10-16(11-9-15)20(25)22-18-7-5-4-6-17(18)21/h1,4-11H,12-14,21H2,2H3,(H,22,25). The topological polar surface area (TPSA) is 84.7 Å². The molecule has 134 valence electrons. The molecule has 6 nitrogen and oxygen atoms in total. The highest BCUT2D eigenvalue weighted by atomic mass is 16.5. The molecule has 0 radical (unpaired) electrons. The number of nitrogens with zero attached hydrogens (tertiary/aromatic N) is 1. The maximum atomic E-state index is 12.3. The Kier molecular flexibility index (Phi) is 6.77. The number of hydrogen-bond donors (Lipinski definition) is 2. The number of ether oxygens (including phenoxy) is 1. The number of terminal acetylenes is 1. The molecular formula is C20H21N3O3. The van der Waals surface area contributed by atoms with Gasteiger partial charge in [-0.05, 0) is 29.8 Å². The summed E-state index contributed by atoms with van der Waals surface area (Å²) in [6.45, 7) is 0.459. The average molecular weight is 351 g/mol. The number of carbonyl (C=O) groups is 2. The Morgan fingerprint density at radius 1 is 1.19 bits per heavy atom. The smallest absolute Gasteiger partial charge is 0.255 e. The number of nitrogen functional groups attached to an aromatic ring is 1. The number of nitrogens with one attached hydrogen (secondary N) is 1. The fourth-order valence-corrected chi connectivity index (χ4v) is 2.24. The number of amides is 2. The van der Waals surface area contributed by atoms with Crippen LogP contribution in [0.3, 0.4) is 0 Å². The highest BCUT2D eigenvalue weighted by Gasteiger charge is 2.11. The number of carbonyl (C=O) groups excluding carboxylic acids is 2. The van der Waals surface area contributed by atoms with Crippen molar-refractivity contribution in [2.45, 2.75) is 6.54 Å². The summed E-state index contributed by atoms with van der Waals surface area (Å²) in [6.07, 6.45) is 5.07. The molecule has 2 rings (SSSR count). The van der Waals surface area contributed by atoms with Gasteiger partial charge in [0.15, 0.2) is 0 Å². The molecule has 0 unspecified atom stereocenters. The van der Waals surface area contributed by atoms with Crippen molar-refractivity contribution in [3.05, 3.63) is 59.7 Å². The minimum atomic E-state index is -0.249. The van der Waals surface area contributed by atoms with E-state index in [2.05, 4.69) is 11.2 Å². The third-order valence-electron chi connectivity index (χ3n) is 3.68. The number of likely N-dealkylation sites (N-methyl/N-ethyl adjacent to an activating group) is 1. The molecule has 0 saturated carbocycles. The van der Waals surface area contributed by atoms with Crippen LogP contribution in [0.25, 0.3) is 0 Å². The van der Waals surface area contributed by atoms with Crippen LogP contribution in [0.5, 0.6) is 0 Å². The second-order valence-electron chi connectivity index (χ2n) is 5.69. The molecule has 0 heterocycles. The lowest BCUT2D eigenvalue weighted by Crippen LogP contribution is -2.29. The zero-order valence-corrected chi connectivity index (χ0v) is 14.6. The van der Waals surface area contributed by atoms with Crippen LogP contribution < -0.4 is 11.1 Å². The molecule has 26 heavy (non-hydrogen) atoms. The predicted octanol–water partition coefficient (Wildman–Crippen LogP) is 2.13. The van der Waals surface area contributed by atoms with Crippen molar-refractivity contribution in [3.63, 3.8) is 0 Å². The van der Waals surface area contributed by atoms with Crippen LogP contribution in [-0.2, 0) is 16.1 Å². The Hall–Kier alpha value is -3.30. The zero-order chi connectivity index (χ0) is 18.9. The third kappa shape index (κ3) is 5.36. The van der Waals surface area contributed by atoms with Gasteiger partial charge in [0.05, 0.1) is 11.4 Å². The van der Waals surface area contributed by atoms with E-state index in [9.17, 15) is 9.59 Å². The second-order valence-corrected chi connectivity index (χ2v) is 5.69. The summed E-state index contributed by atoms with van der Waals surface area (Å²) in [5.41, 5.74) is 8.30. The van der Waals surface area contributed by atoms with E-state index in [1.54, 1.807) is 55.6 Å². The summed E-state index contributed by atoms with van der Waals surface area (Å²) in [5, 5.41) is 2.77. The van der Waals surface area contributed by atoms with Gasteiger partial charge in [-0.25, -0.2) is 0 Å². The van der Waals surface area contributed by atoms with Crippen molar-refractivity contribution in [1.82, 2.24) is 4.90 Å². The molecule has 3 N–H and O–H groups in total. The SMILES string of the molecule is C#CCOCC(=O)N(C)Cc1ccc(C(=O)Nc2ccccc2N)cc1. The molecule has 0 aliphatic heterocycles. The van der Waals surface area contributed by atoms with Crippen LogP contribution >= 0.6 is 0 Å². The molecule has 0 bridgehead atoms. The molecule has 0 fully saturated rings. The van der Waals surface area contributed by atoms with Crippen LogP contribution in [0.15, 0.2) is 48.5 Å². The number of anilines is 2. The van der Waals surface area contributed by atoms with E-state index < -0.39 is 0 Å². The molecule has 2 amide bonds. The number of rotatable bonds is 7. The van der Waals surface area contributed by atoms with E-state index in [-0.39, 0.29) is 25.0 Å². The Morgan fingerprint density at radius 2 is 1.88 bits per heavy atom. The van der Waals surface area contributed by atoms with Crippen LogP contribution in [0.4, 0.5) is 11.4 Å². The van der Waals surface area contributed by atoms with Crippen molar-refractivity contribution < 1.29 is 14.3 Å². The molecular weight excluding hydrogens is 330 g/mol. The van der Waals surface area contributed by atoms with Crippen molar-refractivity contribution in [2.75, 3.05) is 31.3 Å². The first kappa shape index (κ1) is 19.0. The summed E-state index contributed by atoms with van der Waals surface area (Å²) >= 11 is 0. The summed E-state index contributed by atoms with van der Waals surface area (Å²) in [7, 11) is 1.68. The lowest BCUT2D eigenvalue weighted by Gasteiger charge is -2.17. The van der Waals surface area contributed by atoms with Crippen molar-refractivity contribution >= 4 is 23.2 Å². The lowest BCUT2D eigenvalue weighted by atomic mass is 10.1. The van der Waals surface area contributed by atoms with Gasteiger partial charge >= 0.3 is 0 Å². The van der Waals surface area contributed by atoms with Crippen LogP contribution in [0.2, 0.25) is 0 Å². The Bertz CT molecular complexity index is 810. The first-order valence-electron chi connectivity index (χ1n) is 8.01. The van der Waals surface area contributed by atoms with Gasteiger partial charge in [0.2, 0.25) is 5.91 Å². The van der Waals surface area contributed by atoms with Gasteiger partial charge in [0.1, 0.15) is 13.2 Å². The first-order valence-corrected chi connectivity index (χ1v) is 8.01. The molecule has 6 heteroatoms. The van der Waals surface area contributed by atoms with E-state index in [1.165, 1.54) is 4.90 Å². The molecule has 0 aliphatic carbocycles. The fourth-order valence-electron chi connectivity index (χ4n) is 2.24. The van der Waals surface area contributed by atoms with Crippen LogP contribution in [0, 0.1) is 12.3 Å². The summed E-state index contributed by atoms with van der Waals surface area (Å²) in [5.74, 6) is 1.90. The second kappa shape index (κ2) is 9.25. The van der Waals surface area contributed by atoms with Gasteiger partial charge < -0.3 is 20.7 Å². The van der Waals surface area contributed by atoms with Gasteiger partial charge in [-0.2, -0.15) is 0 Å². The quantitative estimate of drug-likeness (QED) is 0.455. The van der Waals surface area contributed by atoms with Gasteiger partial charge in [-0.15, -0.1) is 6.42 Å². The van der Waals surface area contributed by atoms with Gasteiger partial charge in [-0.1, -0.05) is 30.2 Å². The minimum absolute atomic E-state index is 0.0559. The molecule has 0 aromatic heterocycles. The average Bonchev–Trinajstić information content (AvgIpc) is 2.64. The van der Waals surface area contributed by atoms with Crippen molar-refractivity contribution in [3.8, 4) is 12.3 Å². The fraction of sp³-hybridized carbons (Fsp3) is 0.200. The summed E-state index contributed by atoms with van der Waals surface area (Å²) in [4.78, 5) is 25.7. The molecule has 2 aromatic rings. The molecule has 0 aliphatic rings. The highest BCUT2D eigenvalue weighted by Crippen LogP contribution is 2.18. The maximum Gasteiger partial charge on any atom is 0.255 e. The first-order chi connectivity index (χ1) is 12.5. The lowest BCUT2D eigenvalue weighted by molar-refractivity contribution is -0.134. The third-order valence-corrected chi connectivity index (χ3v) is 3.68. The number of hydrogen-bond acceptors (Lipinski definition) is 4. The predicted molar refractivity (Wildman–Crippen MR) is 101 cm³/mol. The maximum absolute atomic E-state index is 12.3. The van der Waals surface area contributed by atoms with E-state index in [0.717, 1.165) is 5.56 Å². The van der Waals surface area contributed by atoms with Gasteiger partial charge in [0.25, 0.3) is 5.91 Å². The molecule has 0 atom stereocenters.